The molecule has 0 N–H and O–H groups in total. The summed E-state index contributed by atoms with van der Waals surface area (Å²) in [5.74, 6) is 0. The molecule has 0 aliphatic carbocycles. The lowest BCUT2D eigenvalue weighted by molar-refractivity contribution is 0.262. The minimum atomic E-state index is -3.27. The fourth-order valence-corrected chi connectivity index (χ4v) is 5.33. The van der Waals surface area contributed by atoms with Crippen molar-refractivity contribution >= 4 is 32.8 Å². The first-order valence-corrected chi connectivity index (χ1v) is 13.7. The number of sulfone groups is 1. The fraction of sp³-hybridized carbons (Fsp3) is 0.240. The number of hydrogen-bond donors (Lipinski definition) is 0. The van der Waals surface area contributed by atoms with Gasteiger partial charge in [0.15, 0.2) is 9.84 Å². The van der Waals surface area contributed by atoms with Crippen molar-refractivity contribution in [1.29, 1.82) is 0 Å². The maximum absolute atomic E-state index is 12.0. The Balaban J connectivity index is 1.78. The van der Waals surface area contributed by atoms with Crippen LogP contribution in [0.15, 0.2) is 71.6 Å². The molecule has 2 aromatic carbocycles. The smallest absolute Gasteiger partial charge is 0.175 e. The lowest BCUT2D eigenvalue weighted by Crippen LogP contribution is -2.25. The van der Waals surface area contributed by atoms with E-state index >= 15 is 0 Å². The van der Waals surface area contributed by atoms with Crippen molar-refractivity contribution in [2.24, 2.45) is 0 Å². The van der Waals surface area contributed by atoms with Gasteiger partial charge in [0.25, 0.3) is 0 Å². The molecule has 4 aromatic rings. The zero-order valence-corrected chi connectivity index (χ0v) is 21.4. The molecule has 0 bridgehead atoms. The number of aromatic nitrogens is 2. The summed E-state index contributed by atoms with van der Waals surface area (Å²) in [6.07, 6.45) is 1.23. The van der Waals surface area contributed by atoms with Crippen LogP contribution in [0.25, 0.3) is 26.7 Å². The van der Waals surface area contributed by atoms with Crippen molar-refractivity contribution in [3.63, 3.8) is 0 Å². The van der Waals surface area contributed by atoms with Gasteiger partial charge in [0, 0.05) is 23.7 Å². The SMILES string of the molecule is CC(C)N(C)Cc1cc(-c2ccc(-c3cccc(S(C)(=O)=O)c3)s2)n(-c2ccccc2Cl)n1. The molecule has 0 amide bonds. The monoisotopic (exact) mass is 499 g/mol. The number of hydrogen-bond acceptors (Lipinski definition) is 5. The van der Waals surface area contributed by atoms with Crippen LogP contribution in [0, 0.1) is 0 Å². The fourth-order valence-electron chi connectivity index (χ4n) is 3.44. The molecule has 0 saturated heterocycles. The van der Waals surface area contributed by atoms with E-state index in [-0.39, 0.29) is 0 Å². The van der Waals surface area contributed by atoms with Crippen LogP contribution < -0.4 is 0 Å². The third kappa shape index (κ3) is 5.22. The first-order chi connectivity index (χ1) is 15.6. The molecular weight excluding hydrogens is 474 g/mol. The number of halogens is 1. The van der Waals surface area contributed by atoms with Gasteiger partial charge in [-0.05, 0) is 68.9 Å². The summed E-state index contributed by atoms with van der Waals surface area (Å²) < 4.78 is 25.9. The number of thiophene rings is 1. The molecule has 2 heterocycles. The van der Waals surface area contributed by atoms with Crippen molar-refractivity contribution < 1.29 is 8.42 Å². The van der Waals surface area contributed by atoms with Gasteiger partial charge >= 0.3 is 0 Å². The van der Waals surface area contributed by atoms with Crippen LogP contribution in [0.3, 0.4) is 0 Å². The Morgan fingerprint density at radius 1 is 1.03 bits per heavy atom. The highest BCUT2D eigenvalue weighted by Crippen LogP contribution is 2.37. The van der Waals surface area contributed by atoms with E-state index in [0.29, 0.717) is 16.0 Å². The van der Waals surface area contributed by atoms with E-state index in [2.05, 4.69) is 31.9 Å². The summed E-state index contributed by atoms with van der Waals surface area (Å²) in [7, 11) is -1.19. The minimum Gasteiger partial charge on any atom is -0.298 e. The Bertz CT molecular complexity index is 1390. The van der Waals surface area contributed by atoms with Gasteiger partial charge in [-0.3, -0.25) is 4.90 Å². The quantitative estimate of drug-likeness (QED) is 0.305. The Kier molecular flexibility index (Phi) is 6.77. The molecule has 0 aliphatic rings. The lowest BCUT2D eigenvalue weighted by Gasteiger charge is -2.19. The van der Waals surface area contributed by atoms with Crippen LogP contribution in [0.1, 0.15) is 19.5 Å². The predicted octanol–water partition coefficient (Wildman–Crippen LogP) is 6.16. The van der Waals surface area contributed by atoms with Crippen molar-refractivity contribution in [2.45, 2.75) is 31.3 Å². The molecule has 0 saturated carbocycles. The molecule has 0 unspecified atom stereocenters. The summed E-state index contributed by atoms with van der Waals surface area (Å²) in [5, 5.41) is 5.51. The van der Waals surface area contributed by atoms with E-state index in [1.165, 1.54) is 6.26 Å². The summed E-state index contributed by atoms with van der Waals surface area (Å²) in [5.41, 5.74) is 3.60. The van der Waals surface area contributed by atoms with E-state index in [1.807, 2.05) is 47.1 Å². The van der Waals surface area contributed by atoms with Crippen molar-refractivity contribution in [2.75, 3.05) is 13.3 Å². The lowest BCUT2D eigenvalue weighted by atomic mass is 10.2. The van der Waals surface area contributed by atoms with Crippen LogP contribution in [-0.4, -0.2) is 42.4 Å². The van der Waals surface area contributed by atoms with E-state index in [1.54, 1.807) is 29.5 Å². The van der Waals surface area contributed by atoms with Gasteiger partial charge < -0.3 is 0 Å². The Morgan fingerprint density at radius 3 is 2.45 bits per heavy atom. The maximum atomic E-state index is 12.0. The highest BCUT2D eigenvalue weighted by atomic mass is 35.5. The standard InChI is InChI=1S/C25H26ClN3O2S2/c1-17(2)28(3)16-19-15-23(29(27-19)22-11-6-5-10-21(22)26)25-13-12-24(32-25)18-8-7-9-20(14-18)33(4,30)31/h5-15,17H,16H2,1-4H3. The number of rotatable bonds is 7. The third-order valence-electron chi connectivity index (χ3n) is 5.54. The van der Waals surface area contributed by atoms with E-state index in [9.17, 15) is 8.42 Å². The molecule has 0 radical (unpaired) electrons. The van der Waals surface area contributed by atoms with E-state index in [4.69, 9.17) is 16.7 Å². The zero-order chi connectivity index (χ0) is 23.8. The first-order valence-electron chi connectivity index (χ1n) is 10.6. The Hall–Kier alpha value is -2.45. The van der Waals surface area contributed by atoms with E-state index < -0.39 is 9.84 Å². The van der Waals surface area contributed by atoms with Gasteiger partial charge in [0.05, 0.1) is 31.9 Å². The molecule has 2 aromatic heterocycles. The Labute approximate surface area is 204 Å². The third-order valence-corrected chi connectivity index (χ3v) is 8.13. The number of para-hydroxylation sites is 1. The highest BCUT2D eigenvalue weighted by molar-refractivity contribution is 7.90. The molecule has 8 heteroatoms. The van der Waals surface area contributed by atoms with Crippen LogP contribution >= 0.6 is 22.9 Å². The zero-order valence-electron chi connectivity index (χ0n) is 19.0. The Morgan fingerprint density at radius 2 is 1.76 bits per heavy atom. The van der Waals surface area contributed by atoms with Gasteiger partial charge in [-0.25, -0.2) is 13.1 Å². The highest BCUT2D eigenvalue weighted by Gasteiger charge is 2.18. The minimum absolute atomic E-state index is 0.315. The largest absolute Gasteiger partial charge is 0.298 e. The van der Waals surface area contributed by atoms with Crippen LogP contribution in [0.5, 0.6) is 0 Å². The molecule has 0 aliphatic heterocycles. The van der Waals surface area contributed by atoms with Crippen LogP contribution in [0.4, 0.5) is 0 Å². The molecule has 33 heavy (non-hydrogen) atoms. The van der Waals surface area contributed by atoms with Crippen molar-refractivity contribution in [3.8, 4) is 26.7 Å². The molecule has 0 fully saturated rings. The summed E-state index contributed by atoms with van der Waals surface area (Å²) >= 11 is 8.12. The van der Waals surface area contributed by atoms with Gasteiger partial charge in [0.1, 0.15) is 0 Å². The van der Waals surface area contributed by atoms with Crippen LogP contribution in [0.2, 0.25) is 5.02 Å². The molecule has 172 valence electrons. The second-order valence-corrected chi connectivity index (χ2v) is 11.9. The van der Waals surface area contributed by atoms with Gasteiger partial charge in [-0.15, -0.1) is 11.3 Å². The second kappa shape index (κ2) is 9.43. The molecule has 5 nitrogen and oxygen atoms in total. The molecule has 4 rings (SSSR count). The summed E-state index contributed by atoms with van der Waals surface area (Å²) in [6, 6.07) is 21.3. The van der Waals surface area contributed by atoms with Gasteiger partial charge in [-0.2, -0.15) is 5.10 Å². The predicted molar refractivity (Wildman–Crippen MR) is 137 cm³/mol. The van der Waals surface area contributed by atoms with Crippen molar-refractivity contribution in [1.82, 2.24) is 14.7 Å². The number of benzene rings is 2. The van der Waals surface area contributed by atoms with Gasteiger partial charge in [-0.1, -0.05) is 35.9 Å². The first kappa shape index (κ1) is 23.7. The van der Waals surface area contributed by atoms with Crippen molar-refractivity contribution in [3.05, 3.63) is 77.4 Å². The van der Waals surface area contributed by atoms with Crippen LogP contribution in [-0.2, 0) is 16.4 Å². The second-order valence-electron chi connectivity index (χ2n) is 8.36. The normalized spacial score (nSPS) is 12.1. The maximum Gasteiger partial charge on any atom is 0.175 e. The summed E-state index contributed by atoms with van der Waals surface area (Å²) in [6.45, 7) is 5.03. The average Bonchev–Trinajstić information content (AvgIpc) is 3.41. The summed E-state index contributed by atoms with van der Waals surface area (Å²) in [4.78, 5) is 4.57. The topological polar surface area (TPSA) is 55.2 Å². The van der Waals surface area contributed by atoms with Gasteiger partial charge in [0.2, 0.25) is 0 Å². The van der Waals surface area contributed by atoms with E-state index in [0.717, 1.165) is 38.9 Å². The number of nitrogens with zero attached hydrogens (tertiary/aromatic N) is 3. The molecular formula is C25H26ClN3O2S2. The molecule has 0 atom stereocenters. The average molecular weight is 500 g/mol. The molecule has 0 spiro atoms.